The first kappa shape index (κ1) is 12.9. The first-order chi connectivity index (χ1) is 8.63. The van der Waals surface area contributed by atoms with Crippen LogP contribution in [0.4, 0.5) is 5.69 Å². The number of nitrogen functional groups attached to an aromatic ring is 1. The van der Waals surface area contributed by atoms with Crippen LogP contribution in [0, 0.1) is 6.92 Å². The van der Waals surface area contributed by atoms with E-state index in [0.29, 0.717) is 11.3 Å². The highest BCUT2D eigenvalue weighted by molar-refractivity contribution is 5.97. The Labute approximate surface area is 108 Å². The summed E-state index contributed by atoms with van der Waals surface area (Å²) in [6.07, 6.45) is 3.22. The Bertz CT molecular complexity index is 445. The molecule has 0 aliphatic heterocycles. The van der Waals surface area contributed by atoms with E-state index in [1.54, 1.807) is 25.3 Å². The van der Waals surface area contributed by atoms with Crippen molar-refractivity contribution in [3.05, 3.63) is 29.3 Å². The van der Waals surface area contributed by atoms with Crippen molar-refractivity contribution in [3.8, 4) is 0 Å². The molecule has 1 amide bonds. The summed E-state index contributed by atoms with van der Waals surface area (Å²) in [4.78, 5) is 12.2. The van der Waals surface area contributed by atoms with E-state index in [1.807, 2.05) is 6.92 Å². The first-order valence-corrected chi connectivity index (χ1v) is 6.32. The number of ether oxygens (including phenoxy) is 1. The fourth-order valence-corrected chi connectivity index (χ4v) is 2.52. The molecule has 0 bridgehead atoms. The minimum atomic E-state index is -0.0613. The van der Waals surface area contributed by atoms with Crippen LogP contribution in [0.3, 0.4) is 0 Å². The molecule has 1 aromatic carbocycles. The number of carbonyl (C=O) groups excluding carboxylic acids is 1. The first-order valence-electron chi connectivity index (χ1n) is 6.32. The topological polar surface area (TPSA) is 64.3 Å². The minimum Gasteiger partial charge on any atom is -0.398 e. The molecule has 3 N–H and O–H groups in total. The van der Waals surface area contributed by atoms with E-state index in [9.17, 15) is 4.79 Å². The summed E-state index contributed by atoms with van der Waals surface area (Å²) in [5, 5.41) is 3.04. The molecule has 0 spiro atoms. The van der Waals surface area contributed by atoms with Crippen molar-refractivity contribution >= 4 is 11.6 Å². The fourth-order valence-electron chi connectivity index (χ4n) is 2.52. The lowest BCUT2D eigenvalue weighted by Gasteiger charge is -2.20. The number of carbonyl (C=O) groups is 1. The summed E-state index contributed by atoms with van der Waals surface area (Å²) in [5.74, 6) is -0.0613. The third-order valence-electron chi connectivity index (χ3n) is 3.69. The smallest absolute Gasteiger partial charge is 0.251 e. The third kappa shape index (κ3) is 2.48. The van der Waals surface area contributed by atoms with E-state index < -0.39 is 0 Å². The molecule has 1 aromatic rings. The SMILES string of the molecule is COC1CCCC1NC(=O)c1cccc(N)c1C. The number of rotatable bonds is 3. The summed E-state index contributed by atoms with van der Waals surface area (Å²) in [5.41, 5.74) is 7.95. The summed E-state index contributed by atoms with van der Waals surface area (Å²) in [7, 11) is 1.70. The molecular formula is C14H20N2O2. The largest absolute Gasteiger partial charge is 0.398 e. The van der Waals surface area contributed by atoms with Crippen molar-refractivity contribution in [3.63, 3.8) is 0 Å². The lowest BCUT2D eigenvalue weighted by atomic mass is 10.1. The Morgan fingerprint density at radius 1 is 1.44 bits per heavy atom. The maximum absolute atomic E-state index is 12.2. The Balaban J connectivity index is 2.10. The second kappa shape index (κ2) is 5.40. The molecule has 2 unspecified atom stereocenters. The second-order valence-electron chi connectivity index (χ2n) is 4.80. The monoisotopic (exact) mass is 248 g/mol. The van der Waals surface area contributed by atoms with Crippen molar-refractivity contribution < 1.29 is 9.53 Å². The van der Waals surface area contributed by atoms with Crippen LogP contribution in [0.5, 0.6) is 0 Å². The number of benzene rings is 1. The molecule has 1 fully saturated rings. The Kier molecular flexibility index (Phi) is 3.87. The van der Waals surface area contributed by atoms with Gasteiger partial charge in [-0.15, -0.1) is 0 Å². The van der Waals surface area contributed by atoms with Gasteiger partial charge in [-0.2, -0.15) is 0 Å². The Morgan fingerprint density at radius 2 is 2.22 bits per heavy atom. The number of hydrogen-bond donors (Lipinski definition) is 2. The van der Waals surface area contributed by atoms with Gasteiger partial charge in [0, 0.05) is 18.4 Å². The predicted molar refractivity (Wildman–Crippen MR) is 71.5 cm³/mol. The molecule has 0 heterocycles. The van der Waals surface area contributed by atoms with Crippen LogP contribution in [0.1, 0.15) is 35.2 Å². The van der Waals surface area contributed by atoms with E-state index in [-0.39, 0.29) is 18.1 Å². The zero-order valence-corrected chi connectivity index (χ0v) is 10.9. The van der Waals surface area contributed by atoms with Gasteiger partial charge in [-0.25, -0.2) is 0 Å². The maximum Gasteiger partial charge on any atom is 0.251 e. The van der Waals surface area contributed by atoms with Gasteiger partial charge in [0.05, 0.1) is 12.1 Å². The molecule has 18 heavy (non-hydrogen) atoms. The van der Waals surface area contributed by atoms with Crippen LogP contribution in [0.15, 0.2) is 18.2 Å². The van der Waals surface area contributed by atoms with Crippen molar-refractivity contribution in [2.24, 2.45) is 0 Å². The molecule has 1 aliphatic rings. The molecule has 0 radical (unpaired) electrons. The lowest BCUT2D eigenvalue weighted by molar-refractivity contribution is 0.0722. The second-order valence-corrected chi connectivity index (χ2v) is 4.80. The third-order valence-corrected chi connectivity index (χ3v) is 3.69. The molecule has 2 rings (SSSR count). The average Bonchev–Trinajstić information content (AvgIpc) is 2.79. The predicted octanol–water partition coefficient (Wildman–Crippen LogP) is 1.87. The van der Waals surface area contributed by atoms with Crippen LogP contribution in [-0.4, -0.2) is 25.2 Å². The minimum absolute atomic E-state index is 0.0613. The molecule has 0 aromatic heterocycles. The van der Waals surface area contributed by atoms with E-state index in [4.69, 9.17) is 10.5 Å². The Hall–Kier alpha value is -1.55. The quantitative estimate of drug-likeness (QED) is 0.803. The van der Waals surface area contributed by atoms with Crippen molar-refractivity contribution in [1.82, 2.24) is 5.32 Å². The molecule has 1 saturated carbocycles. The summed E-state index contributed by atoms with van der Waals surface area (Å²) < 4.78 is 5.38. The fraction of sp³-hybridized carbons (Fsp3) is 0.500. The van der Waals surface area contributed by atoms with E-state index >= 15 is 0 Å². The van der Waals surface area contributed by atoms with Gasteiger partial charge in [0.1, 0.15) is 0 Å². The van der Waals surface area contributed by atoms with Crippen molar-refractivity contribution in [2.75, 3.05) is 12.8 Å². The van der Waals surface area contributed by atoms with Crippen LogP contribution >= 0.6 is 0 Å². The van der Waals surface area contributed by atoms with Crippen LogP contribution in [-0.2, 0) is 4.74 Å². The Morgan fingerprint density at radius 3 is 2.94 bits per heavy atom. The summed E-state index contributed by atoms with van der Waals surface area (Å²) in [6.45, 7) is 1.87. The van der Waals surface area contributed by atoms with Gasteiger partial charge in [0.25, 0.3) is 5.91 Å². The van der Waals surface area contributed by atoms with Gasteiger partial charge in [0.2, 0.25) is 0 Å². The number of nitrogens with two attached hydrogens (primary N) is 1. The number of nitrogens with one attached hydrogen (secondary N) is 1. The van der Waals surface area contributed by atoms with Gasteiger partial charge in [-0.05, 0) is 43.9 Å². The van der Waals surface area contributed by atoms with Crippen LogP contribution in [0.25, 0.3) is 0 Å². The molecule has 0 saturated heterocycles. The molecule has 4 heteroatoms. The molecule has 2 atom stereocenters. The maximum atomic E-state index is 12.2. The number of anilines is 1. The highest BCUT2D eigenvalue weighted by atomic mass is 16.5. The molecule has 98 valence electrons. The number of methoxy groups -OCH3 is 1. The zero-order chi connectivity index (χ0) is 13.1. The van der Waals surface area contributed by atoms with Gasteiger partial charge in [-0.1, -0.05) is 6.07 Å². The number of hydrogen-bond acceptors (Lipinski definition) is 3. The average molecular weight is 248 g/mol. The highest BCUT2D eigenvalue weighted by Gasteiger charge is 2.28. The molecule has 4 nitrogen and oxygen atoms in total. The summed E-state index contributed by atoms with van der Waals surface area (Å²) in [6, 6.07) is 5.53. The number of amides is 1. The zero-order valence-electron chi connectivity index (χ0n) is 10.9. The van der Waals surface area contributed by atoms with Gasteiger partial charge >= 0.3 is 0 Å². The van der Waals surface area contributed by atoms with Gasteiger partial charge < -0.3 is 15.8 Å². The van der Waals surface area contributed by atoms with E-state index in [2.05, 4.69) is 5.32 Å². The lowest BCUT2D eigenvalue weighted by Crippen LogP contribution is -2.41. The summed E-state index contributed by atoms with van der Waals surface area (Å²) >= 11 is 0. The van der Waals surface area contributed by atoms with Gasteiger partial charge in [-0.3, -0.25) is 4.79 Å². The van der Waals surface area contributed by atoms with Crippen molar-refractivity contribution in [1.29, 1.82) is 0 Å². The van der Waals surface area contributed by atoms with Crippen molar-refractivity contribution in [2.45, 2.75) is 38.3 Å². The molecule has 1 aliphatic carbocycles. The van der Waals surface area contributed by atoms with E-state index in [1.165, 1.54) is 0 Å². The highest BCUT2D eigenvalue weighted by Crippen LogP contribution is 2.22. The molecular weight excluding hydrogens is 228 g/mol. The van der Waals surface area contributed by atoms with Crippen LogP contribution in [0.2, 0.25) is 0 Å². The standard InChI is InChI=1S/C14H20N2O2/c1-9-10(5-3-6-11(9)15)14(17)16-12-7-4-8-13(12)18-2/h3,5-6,12-13H,4,7-8,15H2,1-2H3,(H,16,17). The van der Waals surface area contributed by atoms with E-state index in [0.717, 1.165) is 24.8 Å². The normalized spacial score (nSPS) is 23.0. The van der Waals surface area contributed by atoms with Crippen LogP contribution < -0.4 is 11.1 Å². The van der Waals surface area contributed by atoms with Gasteiger partial charge in [0.15, 0.2) is 0 Å².